The number of phenols is 1. The van der Waals surface area contributed by atoms with Crippen LogP contribution in [0, 0.1) is 0 Å². The lowest BCUT2D eigenvalue weighted by Gasteiger charge is -2.17. The first kappa shape index (κ1) is 22.5. The molecule has 6 nitrogen and oxygen atoms in total. The molecule has 0 unspecified atom stereocenters. The highest BCUT2D eigenvalue weighted by Crippen LogP contribution is 2.37. The highest BCUT2D eigenvalue weighted by Gasteiger charge is 2.16. The molecule has 2 aromatic carbocycles. The minimum atomic E-state index is -0.564. The molecule has 2 aromatic rings. The number of carbonyl (C=O) groups is 1. The van der Waals surface area contributed by atoms with E-state index in [9.17, 15) is 9.90 Å². The van der Waals surface area contributed by atoms with Crippen molar-refractivity contribution < 1.29 is 19.4 Å². The Morgan fingerprint density at radius 3 is 2.71 bits per heavy atom. The second kappa shape index (κ2) is 10.1. The lowest BCUT2D eigenvalue weighted by Crippen LogP contribution is -2.18. The van der Waals surface area contributed by atoms with Crippen molar-refractivity contribution in [3.8, 4) is 17.2 Å². The molecule has 0 heterocycles. The van der Waals surface area contributed by atoms with Gasteiger partial charge < -0.3 is 14.6 Å². The number of nitrogens with zero attached hydrogens (tertiary/aromatic N) is 1. The third kappa shape index (κ3) is 5.62. The van der Waals surface area contributed by atoms with Crippen LogP contribution < -0.4 is 14.9 Å². The number of halogens is 3. The maximum Gasteiger partial charge on any atom is 0.275 e. The second-order valence-corrected chi connectivity index (χ2v) is 8.03. The maximum absolute atomic E-state index is 12.3. The Morgan fingerprint density at radius 1 is 1.36 bits per heavy atom. The predicted molar refractivity (Wildman–Crippen MR) is 117 cm³/mol. The van der Waals surface area contributed by atoms with Gasteiger partial charge in [-0.2, -0.15) is 5.10 Å². The fourth-order valence-corrected chi connectivity index (χ4v) is 3.67. The first-order valence-electron chi connectivity index (χ1n) is 8.32. The van der Waals surface area contributed by atoms with Crippen LogP contribution in [0.4, 0.5) is 0 Å². The summed E-state index contributed by atoms with van der Waals surface area (Å²) in [7, 11) is 1.52. The third-order valence-electron chi connectivity index (χ3n) is 3.80. The van der Waals surface area contributed by atoms with Gasteiger partial charge in [-0.1, -0.05) is 34.5 Å². The molecule has 0 fully saturated rings. The zero-order valence-electron chi connectivity index (χ0n) is 15.4. The molecular weight excluding hydrogens is 515 g/mol. The summed E-state index contributed by atoms with van der Waals surface area (Å²) in [5, 5.41) is 14.3. The van der Waals surface area contributed by atoms with E-state index in [0.717, 1.165) is 6.42 Å². The predicted octanol–water partition coefficient (Wildman–Crippen LogP) is 5.52. The van der Waals surface area contributed by atoms with Crippen molar-refractivity contribution in [3.63, 3.8) is 0 Å². The number of aromatic hydroxyl groups is 1. The van der Waals surface area contributed by atoms with Gasteiger partial charge in [0.05, 0.1) is 34.5 Å². The van der Waals surface area contributed by atoms with Crippen LogP contribution in [0.1, 0.15) is 36.2 Å². The van der Waals surface area contributed by atoms with E-state index in [1.54, 1.807) is 18.2 Å². The number of hydrazone groups is 1. The molecular formula is C19H19Br2ClN2O4. The van der Waals surface area contributed by atoms with Crippen molar-refractivity contribution in [1.29, 1.82) is 0 Å². The quantitative estimate of drug-likeness (QED) is 0.362. The molecule has 0 spiro atoms. The van der Waals surface area contributed by atoms with E-state index in [0.29, 0.717) is 31.0 Å². The van der Waals surface area contributed by atoms with Crippen molar-refractivity contribution in [2.45, 2.75) is 26.4 Å². The topological polar surface area (TPSA) is 80.2 Å². The molecule has 0 saturated carbocycles. The molecule has 2 rings (SSSR count). The lowest BCUT2D eigenvalue weighted by atomic mass is 10.2. The smallest absolute Gasteiger partial charge is 0.275 e. The van der Waals surface area contributed by atoms with Crippen molar-refractivity contribution in [2.24, 2.45) is 5.10 Å². The lowest BCUT2D eigenvalue weighted by molar-refractivity contribution is 0.0952. The van der Waals surface area contributed by atoms with E-state index >= 15 is 0 Å². The Hall–Kier alpha value is -1.77. The van der Waals surface area contributed by atoms with Gasteiger partial charge >= 0.3 is 0 Å². The average molecular weight is 535 g/mol. The molecule has 28 heavy (non-hydrogen) atoms. The van der Waals surface area contributed by atoms with E-state index in [1.165, 1.54) is 19.4 Å². The van der Waals surface area contributed by atoms with Gasteiger partial charge in [0.2, 0.25) is 0 Å². The van der Waals surface area contributed by atoms with Gasteiger partial charge in [-0.15, -0.1) is 0 Å². The number of ether oxygens (including phenoxy) is 2. The summed E-state index contributed by atoms with van der Waals surface area (Å²) in [6.45, 7) is 3.95. The fourth-order valence-electron chi connectivity index (χ4n) is 2.18. The number of nitrogens with one attached hydrogen (secondary N) is 1. The van der Waals surface area contributed by atoms with Gasteiger partial charge in [-0.25, -0.2) is 5.43 Å². The Balaban J connectivity index is 2.18. The Labute approximate surface area is 185 Å². The van der Waals surface area contributed by atoms with E-state index in [4.69, 9.17) is 21.1 Å². The van der Waals surface area contributed by atoms with Crippen LogP contribution in [-0.2, 0) is 0 Å². The van der Waals surface area contributed by atoms with Gasteiger partial charge in [0.1, 0.15) is 5.75 Å². The van der Waals surface area contributed by atoms with E-state index < -0.39 is 5.91 Å². The largest absolute Gasteiger partial charge is 0.506 e. The molecule has 0 aliphatic rings. The number of hydrogen-bond donors (Lipinski definition) is 2. The standard InChI is InChI=1S/C19H19Br2ClN2O4/c1-4-10(2)28-18-15(22)5-11(6-16(18)27-3)9-23-24-19(26)13-7-12(20)8-14(21)17(13)25/h5-10,25H,4H2,1-3H3,(H,24,26)/b23-9-/t10-/m0/s1. The summed E-state index contributed by atoms with van der Waals surface area (Å²) in [5.41, 5.74) is 3.05. The summed E-state index contributed by atoms with van der Waals surface area (Å²) < 4.78 is 12.2. The van der Waals surface area contributed by atoms with Crippen LogP contribution in [-0.4, -0.2) is 30.4 Å². The van der Waals surface area contributed by atoms with Gasteiger partial charge in [0.15, 0.2) is 11.5 Å². The van der Waals surface area contributed by atoms with Crippen LogP contribution in [0.25, 0.3) is 0 Å². The van der Waals surface area contributed by atoms with Crippen LogP contribution >= 0.6 is 43.5 Å². The van der Waals surface area contributed by atoms with E-state index in [-0.39, 0.29) is 17.4 Å². The minimum Gasteiger partial charge on any atom is -0.506 e. The fraction of sp³-hybridized carbons (Fsp3) is 0.263. The van der Waals surface area contributed by atoms with Crippen molar-refractivity contribution in [2.75, 3.05) is 7.11 Å². The molecule has 0 bridgehead atoms. The third-order valence-corrected chi connectivity index (χ3v) is 5.14. The normalized spacial score (nSPS) is 12.1. The molecule has 2 N–H and O–H groups in total. The summed E-state index contributed by atoms with van der Waals surface area (Å²) in [5.74, 6) is 0.190. The van der Waals surface area contributed by atoms with E-state index in [1.807, 2.05) is 13.8 Å². The van der Waals surface area contributed by atoms with Crippen LogP contribution in [0.15, 0.2) is 38.3 Å². The van der Waals surface area contributed by atoms with Crippen molar-refractivity contribution >= 4 is 55.6 Å². The molecule has 0 aliphatic carbocycles. The number of benzene rings is 2. The van der Waals surface area contributed by atoms with Crippen LogP contribution in [0.2, 0.25) is 5.02 Å². The number of methoxy groups -OCH3 is 1. The molecule has 150 valence electrons. The molecule has 0 aliphatic heterocycles. The van der Waals surface area contributed by atoms with Gasteiger partial charge in [-0.05, 0) is 59.1 Å². The first-order valence-corrected chi connectivity index (χ1v) is 10.3. The first-order chi connectivity index (χ1) is 13.3. The van der Waals surface area contributed by atoms with Gasteiger partial charge in [-0.3, -0.25) is 4.79 Å². The molecule has 0 radical (unpaired) electrons. The van der Waals surface area contributed by atoms with Crippen molar-refractivity contribution in [3.05, 3.63) is 49.4 Å². The number of hydrogen-bond acceptors (Lipinski definition) is 5. The Bertz CT molecular complexity index is 906. The van der Waals surface area contributed by atoms with Gasteiger partial charge in [0, 0.05) is 4.47 Å². The van der Waals surface area contributed by atoms with Gasteiger partial charge in [0.25, 0.3) is 5.91 Å². The highest BCUT2D eigenvalue weighted by atomic mass is 79.9. The molecule has 0 saturated heterocycles. The van der Waals surface area contributed by atoms with Crippen molar-refractivity contribution in [1.82, 2.24) is 5.43 Å². The maximum atomic E-state index is 12.3. The summed E-state index contributed by atoms with van der Waals surface area (Å²) in [6, 6.07) is 6.48. The number of rotatable bonds is 7. The van der Waals surface area contributed by atoms with Crippen LogP contribution in [0.5, 0.6) is 17.2 Å². The zero-order valence-corrected chi connectivity index (χ0v) is 19.4. The summed E-state index contributed by atoms with van der Waals surface area (Å²) >= 11 is 12.8. The number of carbonyl (C=O) groups excluding carboxylic acids is 1. The summed E-state index contributed by atoms with van der Waals surface area (Å²) in [6.07, 6.45) is 2.24. The number of amides is 1. The van der Waals surface area contributed by atoms with E-state index in [2.05, 4.69) is 42.4 Å². The molecule has 1 atom stereocenters. The molecule has 9 heteroatoms. The molecule has 0 aromatic heterocycles. The Kier molecular flexibility index (Phi) is 8.15. The minimum absolute atomic E-state index is 0.0117. The second-order valence-electron chi connectivity index (χ2n) is 5.85. The van der Waals surface area contributed by atoms with Crippen LogP contribution in [0.3, 0.4) is 0 Å². The zero-order chi connectivity index (χ0) is 20.8. The molecule has 1 amide bonds. The SMILES string of the molecule is CC[C@H](C)Oc1c(Cl)cc(/C=N\NC(=O)c2cc(Br)cc(Br)c2O)cc1OC. The Morgan fingerprint density at radius 2 is 2.07 bits per heavy atom. The summed E-state index contributed by atoms with van der Waals surface area (Å²) in [4.78, 5) is 12.3. The number of phenolic OH excluding ortho intramolecular Hbond substituents is 1. The highest BCUT2D eigenvalue weighted by molar-refractivity contribution is 9.11. The monoisotopic (exact) mass is 532 g/mol. The average Bonchev–Trinajstić information content (AvgIpc) is 2.66.